The lowest BCUT2D eigenvalue weighted by molar-refractivity contribution is 0.0526. The summed E-state index contributed by atoms with van der Waals surface area (Å²) in [6, 6.07) is 9.41. The van der Waals surface area contributed by atoms with Crippen LogP contribution in [0.25, 0.3) is 11.0 Å². The van der Waals surface area contributed by atoms with Gasteiger partial charge < -0.3 is 19.5 Å². The molecule has 0 bridgehead atoms. The Morgan fingerprint density at radius 3 is 2.67 bits per heavy atom. The van der Waals surface area contributed by atoms with Crippen molar-refractivity contribution in [1.29, 1.82) is 0 Å². The summed E-state index contributed by atoms with van der Waals surface area (Å²) in [5.41, 5.74) is 2.50. The molecule has 0 aliphatic heterocycles. The molecule has 2 heterocycles. The molecule has 0 saturated heterocycles. The Morgan fingerprint density at radius 2 is 1.96 bits per heavy atom. The highest BCUT2D eigenvalue weighted by atomic mass is 16.5. The van der Waals surface area contributed by atoms with E-state index in [0.717, 1.165) is 42.0 Å². The number of benzene rings is 1. The quantitative estimate of drug-likeness (QED) is 0.487. The molecule has 142 valence electrons. The Morgan fingerprint density at radius 1 is 1.19 bits per heavy atom. The number of rotatable bonds is 8. The number of aryl methyl sites for hydroxylation is 1. The minimum Gasteiger partial charge on any atom is -0.462 e. The van der Waals surface area contributed by atoms with Crippen molar-refractivity contribution in [3.63, 3.8) is 0 Å². The number of hydrogen-bond acceptors (Lipinski definition) is 6. The van der Waals surface area contributed by atoms with E-state index in [-0.39, 0.29) is 5.97 Å². The van der Waals surface area contributed by atoms with Crippen molar-refractivity contribution in [3.05, 3.63) is 48.4 Å². The molecule has 0 unspecified atom stereocenters. The van der Waals surface area contributed by atoms with E-state index < -0.39 is 0 Å². The maximum atomic E-state index is 11.7. The molecule has 7 heteroatoms. The molecule has 27 heavy (non-hydrogen) atoms. The molecule has 0 spiro atoms. The first-order valence-electron chi connectivity index (χ1n) is 9.08. The van der Waals surface area contributed by atoms with Gasteiger partial charge in [0.25, 0.3) is 0 Å². The molecule has 1 N–H and O–H groups in total. The highest BCUT2D eigenvalue weighted by Gasteiger charge is 2.09. The van der Waals surface area contributed by atoms with Crippen molar-refractivity contribution in [1.82, 2.24) is 14.5 Å². The second-order valence-corrected chi connectivity index (χ2v) is 6.42. The maximum Gasteiger partial charge on any atom is 0.338 e. The summed E-state index contributed by atoms with van der Waals surface area (Å²) < 4.78 is 7.14. The summed E-state index contributed by atoms with van der Waals surface area (Å²) in [6.07, 6.45) is 4.61. The zero-order valence-corrected chi connectivity index (χ0v) is 16.0. The van der Waals surface area contributed by atoms with Crippen molar-refractivity contribution in [3.8, 4) is 0 Å². The van der Waals surface area contributed by atoms with Crippen LogP contribution in [0.2, 0.25) is 0 Å². The average Bonchev–Trinajstić information content (AvgIpc) is 3.09. The van der Waals surface area contributed by atoms with Crippen LogP contribution in [0.1, 0.15) is 23.7 Å². The van der Waals surface area contributed by atoms with E-state index in [1.54, 1.807) is 25.4 Å². The molecule has 1 aromatic carbocycles. The Labute approximate surface area is 159 Å². The minimum atomic E-state index is -0.289. The fourth-order valence-electron chi connectivity index (χ4n) is 2.95. The van der Waals surface area contributed by atoms with Crippen LogP contribution < -0.4 is 10.2 Å². The van der Waals surface area contributed by atoms with E-state index in [4.69, 9.17) is 4.74 Å². The molecule has 0 aliphatic carbocycles. The number of ether oxygens (including phenoxy) is 1. The molecule has 0 fully saturated rings. The van der Waals surface area contributed by atoms with Gasteiger partial charge in [0.1, 0.15) is 17.8 Å². The largest absolute Gasteiger partial charge is 0.462 e. The first-order valence-corrected chi connectivity index (χ1v) is 9.08. The van der Waals surface area contributed by atoms with Crippen molar-refractivity contribution in [2.24, 2.45) is 0 Å². The summed E-state index contributed by atoms with van der Waals surface area (Å²) in [5, 5.41) is 4.44. The van der Waals surface area contributed by atoms with Crippen molar-refractivity contribution < 1.29 is 9.53 Å². The van der Waals surface area contributed by atoms with E-state index in [0.29, 0.717) is 12.2 Å². The second-order valence-electron chi connectivity index (χ2n) is 6.42. The number of carbonyl (C=O) groups is 1. The fraction of sp³-hybridized carbons (Fsp3) is 0.350. The molecule has 0 saturated carbocycles. The molecule has 0 amide bonds. The number of hydrogen-bond donors (Lipinski definition) is 1. The van der Waals surface area contributed by atoms with E-state index in [1.807, 2.05) is 31.1 Å². The highest BCUT2D eigenvalue weighted by molar-refractivity contribution is 5.89. The number of anilines is 2. The van der Waals surface area contributed by atoms with Crippen LogP contribution in [0.15, 0.2) is 42.9 Å². The summed E-state index contributed by atoms with van der Waals surface area (Å²) in [4.78, 5) is 22.4. The summed E-state index contributed by atoms with van der Waals surface area (Å²) >= 11 is 0. The third-order valence-corrected chi connectivity index (χ3v) is 4.26. The number of esters is 1. The lowest BCUT2D eigenvalue weighted by Crippen LogP contribution is -2.11. The van der Waals surface area contributed by atoms with Gasteiger partial charge in [-0.25, -0.2) is 14.8 Å². The summed E-state index contributed by atoms with van der Waals surface area (Å²) in [6.45, 7) is 3.87. The van der Waals surface area contributed by atoms with Crippen LogP contribution in [0.4, 0.5) is 11.5 Å². The SMILES string of the molecule is CCOC(=O)c1ccc(NCCCn2ccc3c(N(C)C)ncnc32)cc1. The molecule has 2 aromatic heterocycles. The van der Waals surface area contributed by atoms with Crippen molar-refractivity contribution >= 4 is 28.5 Å². The first-order chi connectivity index (χ1) is 13.1. The van der Waals surface area contributed by atoms with E-state index >= 15 is 0 Å². The zero-order valence-electron chi connectivity index (χ0n) is 16.0. The third-order valence-electron chi connectivity index (χ3n) is 4.26. The molecule has 3 aromatic rings. The van der Waals surface area contributed by atoms with Gasteiger partial charge in [0.05, 0.1) is 17.6 Å². The predicted octanol–water partition coefficient (Wildman–Crippen LogP) is 3.18. The second kappa shape index (κ2) is 8.53. The summed E-state index contributed by atoms with van der Waals surface area (Å²) in [5.74, 6) is 0.640. The van der Waals surface area contributed by atoms with Crippen LogP contribution in [-0.2, 0) is 11.3 Å². The predicted molar refractivity (Wildman–Crippen MR) is 107 cm³/mol. The topological polar surface area (TPSA) is 72.3 Å². The van der Waals surface area contributed by atoms with Gasteiger partial charge in [-0.1, -0.05) is 0 Å². The number of nitrogens with one attached hydrogen (secondary N) is 1. The number of carbonyl (C=O) groups excluding carboxylic acids is 1. The van der Waals surface area contributed by atoms with Gasteiger partial charge in [-0.05, 0) is 43.7 Å². The fourth-order valence-corrected chi connectivity index (χ4v) is 2.95. The average molecular weight is 367 g/mol. The van der Waals surface area contributed by atoms with Crippen LogP contribution in [-0.4, -0.2) is 47.8 Å². The van der Waals surface area contributed by atoms with E-state index in [9.17, 15) is 4.79 Å². The molecular weight excluding hydrogens is 342 g/mol. The van der Waals surface area contributed by atoms with Gasteiger partial charge >= 0.3 is 5.97 Å². The number of aromatic nitrogens is 3. The molecule has 0 radical (unpaired) electrons. The monoisotopic (exact) mass is 367 g/mol. The van der Waals surface area contributed by atoms with Gasteiger partial charge in [-0.15, -0.1) is 0 Å². The number of fused-ring (bicyclic) bond motifs is 1. The third kappa shape index (κ3) is 4.36. The standard InChI is InChI=1S/C20H25N5O2/c1-4-27-20(26)15-6-8-16(9-7-15)21-11-5-12-25-13-10-17-18(24(2)3)22-14-23-19(17)25/h6-10,13-14,21H,4-5,11-12H2,1-3H3. The van der Waals surface area contributed by atoms with Gasteiger partial charge in [-0.2, -0.15) is 0 Å². The van der Waals surface area contributed by atoms with Crippen LogP contribution in [0.3, 0.4) is 0 Å². The Kier molecular flexibility index (Phi) is 5.90. The molecule has 7 nitrogen and oxygen atoms in total. The normalized spacial score (nSPS) is 10.8. The van der Waals surface area contributed by atoms with Gasteiger partial charge in [0.15, 0.2) is 0 Å². The lowest BCUT2D eigenvalue weighted by Gasteiger charge is -2.12. The smallest absolute Gasteiger partial charge is 0.338 e. The van der Waals surface area contributed by atoms with Gasteiger partial charge in [-0.3, -0.25) is 0 Å². The van der Waals surface area contributed by atoms with E-state index in [1.165, 1.54) is 0 Å². The summed E-state index contributed by atoms with van der Waals surface area (Å²) in [7, 11) is 3.96. The van der Waals surface area contributed by atoms with Crippen molar-refractivity contribution in [2.75, 3.05) is 37.5 Å². The maximum absolute atomic E-state index is 11.7. The van der Waals surface area contributed by atoms with Crippen LogP contribution >= 0.6 is 0 Å². The van der Waals surface area contributed by atoms with Crippen molar-refractivity contribution in [2.45, 2.75) is 19.9 Å². The first kappa shape index (κ1) is 18.7. The van der Waals surface area contributed by atoms with Gasteiger partial charge in [0, 0.05) is 39.1 Å². The Balaban J connectivity index is 1.54. The molecular formula is C20H25N5O2. The Hall–Kier alpha value is -3.09. The lowest BCUT2D eigenvalue weighted by atomic mass is 10.2. The minimum absolute atomic E-state index is 0.289. The van der Waals surface area contributed by atoms with Crippen LogP contribution in [0.5, 0.6) is 0 Å². The zero-order chi connectivity index (χ0) is 19.2. The highest BCUT2D eigenvalue weighted by Crippen LogP contribution is 2.22. The van der Waals surface area contributed by atoms with Crippen LogP contribution in [0, 0.1) is 0 Å². The molecule has 3 rings (SSSR count). The molecule has 0 atom stereocenters. The Bertz CT molecular complexity index is 902. The van der Waals surface area contributed by atoms with E-state index in [2.05, 4.69) is 32.1 Å². The van der Waals surface area contributed by atoms with Gasteiger partial charge in [0.2, 0.25) is 0 Å². The number of nitrogens with zero attached hydrogens (tertiary/aromatic N) is 4. The molecule has 0 aliphatic rings.